The Hall–Kier alpha value is -2.44. The van der Waals surface area contributed by atoms with Gasteiger partial charge in [0.05, 0.1) is 18.8 Å². The number of nitrogens with one attached hydrogen (secondary N) is 1. The van der Waals surface area contributed by atoms with E-state index in [0.717, 1.165) is 49.7 Å². The Morgan fingerprint density at radius 2 is 1.72 bits per heavy atom. The van der Waals surface area contributed by atoms with Crippen molar-refractivity contribution in [1.29, 1.82) is 0 Å². The third-order valence-electron chi connectivity index (χ3n) is 5.94. The zero-order chi connectivity index (χ0) is 21.1. The number of H-pyrrole nitrogens is 1. The first-order valence-electron chi connectivity index (χ1n) is 10.2. The molecule has 6 nitrogen and oxygen atoms in total. The number of aromatic nitrogens is 1. The van der Waals surface area contributed by atoms with E-state index in [1.165, 1.54) is 5.56 Å². The maximum absolute atomic E-state index is 13.1. The molecular weight excluding hydrogens is 366 g/mol. The number of ketones is 2. The molecule has 1 aliphatic heterocycles. The molecular formula is C23H31N3O3. The van der Waals surface area contributed by atoms with Gasteiger partial charge >= 0.3 is 0 Å². The molecule has 1 aromatic heterocycles. The highest BCUT2D eigenvalue weighted by atomic mass is 16.5. The predicted octanol–water partition coefficient (Wildman–Crippen LogP) is 3.23. The van der Waals surface area contributed by atoms with Gasteiger partial charge in [-0.25, -0.2) is 0 Å². The van der Waals surface area contributed by atoms with Gasteiger partial charge in [0, 0.05) is 44.0 Å². The van der Waals surface area contributed by atoms with Crippen molar-refractivity contribution in [2.24, 2.45) is 0 Å². The van der Waals surface area contributed by atoms with Crippen LogP contribution in [0.1, 0.15) is 51.5 Å². The molecule has 0 unspecified atom stereocenters. The summed E-state index contributed by atoms with van der Waals surface area (Å²) in [6, 6.07) is 7.96. The molecule has 2 aromatic rings. The average molecular weight is 398 g/mol. The van der Waals surface area contributed by atoms with Crippen LogP contribution in [0.4, 0.5) is 0 Å². The summed E-state index contributed by atoms with van der Waals surface area (Å²) in [5, 5.41) is 0. The summed E-state index contributed by atoms with van der Waals surface area (Å²) in [5.74, 6) is 0.922. The molecule has 29 heavy (non-hydrogen) atoms. The molecule has 0 radical (unpaired) electrons. The van der Waals surface area contributed by atoms with Crippen molar-refractivity contribution in [3.05, 3.63) is 52.3 Å². The van der Waals surface area contributed by atoms with Crippen LogP contribution in [0.15, 0.2) is 24.3 Å². The fourth-order valence-electron chi connectivity index (χ4n) is 4.20. The lowest BCUT2D eigenvalue weighted by Gasteiger charge is -2.37. The highest BCUT2D eigenvalue weighted by Crippen LogP contribution is 2.22. The van der Waals surface area contributed by atoms with Gasteiger partial charge in [-0.3, -0.25) is 19.4 Å². The molecule has 0 spiro atoms. The summed E-state index contributed by atoms with van der Waals surface area (Å²) in [7, 11) is 1.67. The summed E-state index contributed by atoms with van der Waals surface area (Å²) < 4.78 is 5.22. The molecule has 2 heterocycles. The number of Topliss-reactive ketones (excluding diaryl/α,β-unsaturated/α-hetero) is 2. The number of benzene rings is 1. The highest BCUT2D eigenvalue weighted by Gasteiger charge is 2.29. The van der Waals surface area contributed by atoms with Crippen molar-refractivity contribution in [3.8, 4) is 5.75 Å². The monoisotopic (exact) mass is 397 g/mol. The predicted molar refractivity (Wildman–Crippen MR) is 114 cm³/mol. The number of hydrogen-bond acceptors (Lipinski definition) is 5. The van der Waals surface area contributed by atoms with Gasteiger partial charge in [0.1, 0.15) is 5.75 Å². The second-order valence-electron chi connectivity index (χ2n) is 7.88. The third-order valence-corrected chi connectivity index (χ3v) is 5.94. The van der Waals surface area contributed by atoms with Crippen LogP contribution in [0.3, 0.4) is 0 Å². The molecule has 0 saturated carbocycles. The van der Waals surface area contributed by atoms with E-state index in [1.807, 2.05) is 32.9 Å². The second-order valence-corrected chi connectivity index (χ2v) is 7.88. The summed E-state index contributed by atoms with van der Waals surface area (Å²) in [4.78, 5) is 32.7. The van der Waals surface area contributed by atoms with Crippen molar-refractivity contribution >= 4 is 11.6 Å². The van der Waals surface area contributed by atoms with Crippen molar-refractivity contribution in [3.63, 3.8) is 0 Å². The number of rotatable bonds is 7. The van der Waals surface area contributed by atoms with Gasteiger partial charge in [0.25, 0.3) is 0 Å². The number of methoxy groups -OCH3 is 1. The van der Waals surface area contributed by atoms with Crippen LogP contribution in [0.2, 0.25) is 0 Å². The standard InChI is InChI=1S/C23H31N3O3/c1-15-21(18(4)27)16(2)24-22(15)23(28)17(3)26-12-10-25(11-13-26)14-19-6-8-20(29-5)9-7-19/h6-9,17,24H,10-14H2,1-5H3/t17-/m1/s1. The topological polar surface area (TPSA) is 65.6 Å². The van der Waals surface area contributed by atoms with Crippen molar-refractivity contribution < 1.29 is 14.3 Å². The zero-order valence-corrected chi connectivity index (χ0v) is 18.0. The molecule has 1 aromatic carbocycles. The first-order valence-corrected chi connectivity index (χ1v) is 10.2. The number of hydrogen-bond donors (Lipinski definition) is 1. The number of nitrogens with zero attached hydrogens (tertiary/aromatic N) is 2. The fraction of sp³-hybridized carbons (Fsp3) is 0.478. The summed E-state index contributed by atoms with van der Waals surface area (Å²) in [6.45, 7) is 11.7. The summed E-state index contributed by atoms with van der Waals surface area (Å²) >= 11 is 0. The number of carbonyl (C=O) groups excluding carboxylic acids is 2. The number of aryl methyl sites for hydroxylation is 1. The van der Waals surface area contributed by atoms with Gasteiger partial charge in [-0.2, -0.15) is 0 Å². The van der Waals surface area contributed by atoms with E-state index in [2.05, 4.69) is 26.9 Å². The van der Waals surface area contributed by atoms with Gasteiger partial charge in [-0.1, -0.05) is 12.1 Å². The van der Waals surface area contributed by atoms with Crippen LogP contribution in [0.25, 0.3) is 0 Å². The van der Waals surface area contributed by atoms with Crippen LogP contribution in [0, 0.1) is 13.8 Å². The van der Waals surface area contributed by atoms with Gasteiger partial charge in [0.2, 0.25) is 0 Å². The fourth-order valence-corrected chi connectivity index (χ4v) is 4.20. The van der Waals surface area contributed by atoms with E-state index < -0.39 is 0 Å². The lowest BCUT2D eigenvalue weighted by atomic mass is 10.0. The Morgan fingerprint density at radius 3 is 2.24 bits per heavy atom. The SMILES string of the molecule is COc1ccc(CN2CCN([C@H](C)C(=O)c3[nH]c(C)c(C(C)=O)c3C)CC2)cc1. The number of carbonyl (C=O) groups is 2. The van der Waals surface area contributed by atoms with Crippen molar-refractivity contribution in [2.45, 2.75) is 40.3 Å². The summed E-state index contributed by atoms with van der Waals surface area (Å²) in [5.41, 5.74) is 4.02. The molecule has 1 fully saturated rings. The smallest absolute Gasteiger partial charge is 0.196 e. The van der Waals surface area contributed by atoms with E-state index in [0.29, 0.717) is 11.3 Å². The van der Waals surface area contributed by atoms with E-state index >= 15 is 0 Å². The maximum Gasteiger partial charge on any atom is 0.196 e. The summed E-state index contributed by atoms with van der Waals surface area (Å²) in [6.07, 6.45) is 0. The first-order chi connectivity index (χ1) is 13.8. The lowest BCUT2D eigenvalue weighted by Crippen LogP contribution is -2.51. The minimum atomic E-state index is -0.213. The quantitative estimate of drug-likeness (QED) is 0.727. The van der Waals surface area contributed by atoms with Crippen LogP contribution < -0.4 is 4.74 Å². The van der Waals surface area contributed by atoms with Crippen LogP contribution >= 0.6 is 0 Å². The molecule has 0 amide bonds. The van der Waals surface area contributed by atoms with Crippen LogP contribution in [-0.2, 0) is 6.54 Å². The maximum atomic E-state index is 13.1. The minimum absolute atomic E-state index is 0.00454. The largest absolute Gasteiger partial charge is 0.497 e. The van der Waals surface area contributed by atoms with E-state index in [4.69, 9.17) is 4.74 Å². The van der Waals surface area contributed by atoms with Gasteiger partial charge in [0.15, 0.2) is 11.6 Å². The van der Waals surface area contributed by atoms with Gasteiger partial charge < -0.3 is 9.72 Å². The molecule has 1 atom stereocenters. The highest BCUT2D eigenvalue weighted by molar-refractivity contribution is 6.05. The molecule has 1 saturated heterocycles. The molecule has 0 bridgehead atoms. The molecule has 6 heteroatoms. The Bertz CT molecular complexity index is 878. The van der Waals surface area contributed by atoms with Gasteiger partial charge in [-0.15, -0.1) is 0 Å². The van der Waals surface area contributed by atoms with Gasteiger partial charge in [-0.05, 0) is 51.0 Å². The average Bonchev–Trinajstić information content (AvgIpc) is 3.02. The molecule has 1 N–H and O–H groups in total. The lowest BCUT2D eigenvalue weighted by molar-refractivity contribution is 0.0683. The Labute approximate surface area is 172 Å². The normalized spacial score (nSPS) is 16.6. The first kappa shape index (κ1) is 21.3. The minimum Gasteiger partial charge on any atom is -0.497 e. The molecule has 0 aliphatic carbocycles. The molecule has 3 rings (SSSR count). The van der Waals surface area contributed by atoms with E-state index in [-0.39, 0.29) is 17.6 Å². The zero-order valence-electron chi connectivity index (χ0n) is 18.0. The second kappa shape index (κ2) is 8.93. The molecule has 1 aliphatic rings. The Balaban J connectivity index is 1.59. The number of aromatic amines is 1. The van der Waals surface area contributed by atoms with Crippen molar-refractivity contribution in [2.75, 3.05) is 33.3 Å². The third kappa shape index (κ3) is 4.60. The van der Waals surface area contributed by atoms with Crippen LogP contribution in [0.5, 0.6) is 5.75 Å². The molecule has 156 valence electrons. The number of ether oxygens (including phenoxy) is 1. The van der Waals surface area contributed by atoms with E-state index in [9.17, 15) is 9.59 Å². The Kier molecular flexibility index (Phi) is 6.55. The Morgan fingerprint density at radius 1 is 1.10 bits per heavy atom. The van der Waals surface area contributed by atoms with Crippen molar-refractivity contribution in [1.82, 2.24) is 14.8 Å². The number of piperazine rings is 1. The van der Waals surface area contributed by atoms with Crippen LogP contribution in [-0.4, -0.2) is 65.7 Å². The van der Waals surface area contributed by atoms with E-state index in [1.54, 1.807) is 14.0 Å².